The smallest absolute Gasteiger partial charge is 0.247 e. The molecular weight excluding hydrogens is 313 g/mol. The third kappa shape index (κ3) is 3.51. The first-order valence-electron chi connectivity index (χ1n) is 6.42. The van der Waals surface area contributed by atoms with Gasteiger partial charge in [0, 0.05) is 0 Å². The van der Waals surface area contributed by atoms with Gasteiger partial charge in [0.2, 0.25) is 0 Å². The zero-order chi connectivity index (χ0) is 16.0. The van der Waals surface area contributed by atoms with Gasteiger partial charge >= 0.3 is 18.1 Å². The van der Waals surface area contributed by atoms with E-state index in [0.717, 1.165) is 6.08 Å². The summed E-state index contributed by atoms with van der Waals surface area (Å²) < 4.78 is 37.1. The van der Waals surface area contributed by atoms with Crippen molar-refractivity contribution in [3.05, 3.63) is 11.1 Å². The first-order valence-corrected chi connectivity index (χ1v) is 6.79. The molecule has 118 valence electrons. The Balaban J connectivity index is 1.93. The van der Waals surface area contributed by atoms with Gasteiger partial charge < -0.3 is 0 Å². The summed E-state index contributed by atoms with van der Waals surface area (Å²) in [5.74, 6) is -3.25. The van der Waals surface area contributed by atoms with Gasteiger partial charge in [-0.2, -0.15) is 13.2 Å². The molecule has 0 bridgehead atoms. The number of halogens is 4. The third-order valence-electron chi connectivity index (χ3n) is 3.88. The first-order chi connectivity index (χ1) is 9.55. The van der Waals surface area contributed by atoms with Gasteiger partial charge in [-0.1, -0.05) is 31.5 Å². The van der Waals surface area contributed by atoms with Crippen LogP contribution in [0.25, 0.3) is 0 Å². The second-order valence-electron chi connectivity index (χ2n) is 5.92. The summed E-state index contributed by atoms with van der Waals surface area (Å²) in [5, 5.41) is -1.27. The Morgan fingerprint density at radius 3 is 2.19 bits per heavy atom. The topological polar surface area (TPSA) is 52.6 Å². The van der Waals surface area contributed by atoms with Crippen molar-refractivity contribution < 1.29 is 32.5 Å². The van der Waals surface area contributed by atoms with E-state index < -0.39 is 40.4 Å². The van der Waals surface area contributed by atoms with E-state index >= 15 is 0 Å². The molecule has 0 spiro atoms. The van der Waals surface area contributed by atoms with Gasteiger partial charge in [-0.15, -0.1) is 0 Å². The predicted molar refractivity (Wildman–Crippen MR) is 65.7 cm³/mol. The summed E-state index contributed by atoms with van der Waals surface area (Å²) in [5.41, 5.74) is -0.728. The number of hydrogen-bond donors (Lipinski definition) is 0. The average Bonchev–Trinajstić information content (AvgIpc) is 3.23. The zero-order valence-corrected chi connectivity index (χ0v) is 12.1. The number of carbonyl (C=O) groups is 2. The van der Waals surface area contributed by atoms with E-state index in [1.54, 1.807) is 13.8 Å². The van der Waals surface area contributed by atoms with Crippen LogP contribution in [0, 0.1) is 23.2 Å². The van der Waals surface area contributed by atoms with Crippen LogP contribution in [0.4, 0.5) is 13.2 Å². The molecule has 0 aromatic heterocycles. The van der Waals surface area contributed by atoms with E-state index in [0.29, 0.717) is 12.8 Å². The molecule has 2 unspecified atom stereocenters. The quantitative estimate of drug-likeness (QED) is 0.589. The maximum atomic E-state index is 12.4. The van der Waals surface area contributed by atoms with Crippen LogP contribution in [0.15, 0.2) is 11.1 Å². The van der Waals surface area contributed by atoms with Gasteiger partial charge in [0.25, 0.3) is 0 Å². The lowest BCUT2D eigenvalue weighted by Crippen LogP contribution is -2.16. The van der Waals surface area contributed by atoms with Crippen LogP contribution in [0.5, 0.6) is 0 Å². The van der Waals surface area contributed by atoms with E-state index in [9.17, 15) is 22.8 Å². The minimum Gasteiger partial charge on any atom is -0.247 e. The monoisotopic (exact) mass is 326 g/mol. The van der Waals surface area contributed by atoms with Gasteiger partial charge in [-0.05, 0) is 24.2 Å². The highest BCUT2D eigenvalue weighted by molar-refractivity contribution is 6.30. The maximum absolute atomic E-state index is 12.4. The van der Waals surface area contributed by atoms with Crippen molar-refractivity contribution >= 4 is 23.5 Å². The van der Waals surface area contributed by atoms with Gasteiger partial charge in [-0.3, -0.25) is 0 Å². The Hall–Kier alpha value is -1.24. The Morgan fingerprint density at radius 2 is 1.71 bits per heavy atom. The van der Waals surface area contributed by atoms with Gasteiger partial charge in [0.15, 0.2) is 0 Å². The molecule has 0 saturated heterocycles. The van der Waals surface area contributed by atoms with Crippen molar-refractivity contribution in [2.75, 3.05) is 0 Å². The molecule has 0 aliphatic heterocycles. The van der Waals surface area contributed by atoms with Gasteiger partial charge in [-0.25, -0.2) is 19.4 Å². The molecule has 0 radical (unpaired) electrons. The fourth-order valence-corrected chi connectivity index (χ4v) is 2.35. The maximum Gasteiger partial charge on any atom is 0.426 e. The average molecular weight is 327 g/mol. The molecule has 2 aliphatic rings. The summed E-state index contributed by atoms with van der Waals surface area (Å²) in [6.07, 6.45) is -2.46. The Kier molecular flexibility index (Phi) is 3.99. The van der Waals surface area contributed by atoms with Gasteiger partial charge in [0.1, 0.15) is 5.03 Å². The number of carbonyl (C=O) groups excluding carboxylic acids is 2. The molecule has 21 heavy (non-hydrogen) atoms. The minimum atomic E-state index is -4.65. The second-order valence-corrected chi connectivity index (χ2v) is 6.32. The van der Waals surface area contributed by atoms with Crippen molar-refractivity contribution in [2.45, 2.75) is 32.9 Å². The summed E-state index contributed by atoms with van der Waals surface area (Å²) in [6, 6.07) is 0. The van der Waals surface area contributed by atoms with Crippen molar-refractivity contribution in [3.8, 4) is 0 Å². The molecule has 4 nitrogen and oxygen atoms in total. The molecular formula is C13H14ClF3O4. The number of rotatable bonds is 3. The molecule has 0 N–H and O–H groups in total. The minimum absolute atomic E-state index is 0.236. The number of alkyl halides is 3. The van der Waals surface area contributed by atoms with Crippen LogP contribution in [0.3, 0.4) is 0 Å². The van der Waals surface area contributed by atoms with Crippen LogP contribution >= 0.6 is 11.6 Å². The number of allylic oxidation sites excluding steroid dienone is 2. The van der Waals surface area contributed by atoms with Crippen molar-refractivity contribution in [1.29, 1.82) is 0 Å². The lowest BCUT2D eigenvalue weighted by atomic mass is 10.1. The summed E-state index contributed by atoms with van der Waals surface area (Å²) >= 11 is 5.17. The lowest BCUT2D eigenvalue weighted by molar-refractivity contribution is -0.261. The molecule has 2 atom stereocenters. The molecule has 2 aliphatic carbocycles. The third-order valence-corrected chi connectivity index (χ3v) is 4.22. The van der Waals surface area contributed by atoms with E-state index in [-0.39, 0.29) is 5.92 Å². The summed E-state index contributed by atoms with van der Waals surface area (Å²) in [7, 11) is 0. The fourth-order valence-electron chi connectivity index (χ4n) is 2.21. The summed E-state index contributed by atoms with van der Waals surface area (Å²) in [6.45, 7) is 3.23. The normalized spacial score (nSPS) is 28.0. The van der Waals surface area contributed by atoms with E-state index in [4.69, 9.17) is 11.6 Å². The van der Waals surface area contributed by atoms with Gasteiger partial charge in [0.05, 0.1) is 11.8 Å². The Morgan fingerprint density at radius 1 is 1.19 bits per heavy atom. The molecule has 8 heteroatoms. The van der Waals surface area contributed by atoms with Crippen molar-refractivity contribution in [2.24, 2.45) is 23.2 Å². The standard InChI is InChI=1S/C13H14ClF3O4/c1-12(2)7(5-8(14)13(15,16)17)9(12)11(19)21-20-10(18)6-3-4-6/h5-7,9H,3-4H2,1-2H3/b8-5-. The molecule has 2 saturated carbocycles. The van der Waals surface area contributed by atoms with Crippen molar-refractivity contribution in [3.63, 3.8) is 0 Å². The Bertz CT molecular complexity index is 494. The summed E-state index contributed by atoms with van der Waals surface area (Å²) in [4.78, 5) is 31.8. The van der Waals surface area contributed by atoms with Crippen molar-refractivity contribution in [1.82, 2.24) is 0 Å². The van der Waals surface area contributed by atoms with Crippen LogP contribution < -0.4 is 0 Å². The second kappa shape index (κ2) is 5.19. The highest BCUT2D eigenvalue weighted by atomic mass is 35.5. The fraction of sp³-hybridized carbons (Fsp3) is 0.692. The molecule has 2 rings (SSSR count). The highest BCUT2D eigenvalue weighted by Crippen LogP contribution is 2.60. The van der Waals surface area contributed by atoms with Crippen LogP contribution in [0.1, 0.15) is 26.7 Å². The molecule has 0 aromatic carbocycles. The Labute approximate surface area is 124 Å². The highest BCUT2D eigenvalue weighted by Gasteiger charge is 2.63. The van der Waals surface area contributed by atoms with Crippen LogP contribution in [-0.2, 0) is 19.4 Å². The predicted octanol–water partition coefficient (Wildman–Crippen LogP) is 3.36. The molecule has 0 amide bonds. The van der Waals surface area contributed by atoms with E-state index in [2.05, 4.69) is 9.78 Å². The lowest BCUT2D eigenvalue weighted by Gasteiger charge is -2.04. The first kappa shape index (κ1) is 16.1. The largest absolute Gasteiger partial charge is 0.426 e. The van der Waals surface area contributed by atoms with Crippen LogP contribution in [0.2, 0.25) is 0 Å². The number of hydrogen-bond acceptors (Lipinski definition) is 4. The van der Waals surface area contributed by atoms with Crippen LogP contribution in [-0.4, -0.2) is 18.1 Å². The zero-order valence-electron chi connectivity index (χ0n) is 11.4. The van der Waals surface area contributed by atoms with E-state index in [1.165, 1.54) is 0 Å². The van der Waals surface area contributed by atoms with E-state index in [1.807, 2.05) is 0 Å². The molecule has 0 heterocycles. The molecule has 2 fully saturated rings. The molecule has 0 aromatic rings. The SMILES string of the molecule is CC1(C)C(/C=C(\Cl)C(F)(F)F)C1C(=O)OOC(=O)C1CC1.